The zero-order chi connectivity index (χ0) is 21.1. The van der Waals surface area contributed by atoms with Crippen molar-refractivity contribution >= 4 is 33.2 Å². The molecule has 0 bridgehead atoms. The molecule has 3 heterocycles. The first-order valence-electron chi connectivity index (χ1n) is 10.0. The molecule has 0 radical (unpaired) electrons. The van der Waals surface area contributed by atoms with Crippen LogP contribution in [0.25, 0.3) is 11.5 Å². The summed E-state index contributed by atoms with van der Waals surface area (Å²) in [4.78, 5) is 18.0. The van der Waals surface area contributed by atoms with Crippen molar-refractivity contribution in [1.82, 2.24) is 14.8 Å². The van der Waals surface area contributed by atoms with Gasteiger partial charge in [-0.25, -0.2) is 4.98 Å². The molecule has 5 nitrogen and oxygen atoms in total. The van der Waals surface area contributed by atoms with Crippen molar-refractivity contribution in [2.75, 3.05) is 5.32 Å². The van der Waals surface area contributed by atoms with E-state index in [0.717, 1.165) is 55.3 Å². The molecule has 150 valence electrons. The molecule has 0 saturated carbocycles. The van der Waals surface area contributed by atoms with Crippen LogP contribution in [0.3, 0.4) is 0 Å². The lowest BCUT2D eigenvalue weighted by molar-refractivity contribution is 0.103. The fourth-order valence-electron chi connectivity index (χ4n) is 4.61. The highest BCUT2D eigenvalue weighted by Crippen LogP contribution is 2.50. The summed E-state index contributed by atoms with van der Waals surface area (Å²) in [5.74, 6) is 1.45. The lowest BCUT2D eigenvalue weighted by Gasteiger charge is -2.27. The Bertz CT molecular complexity index is 1390. The van der Waals surface area contributed by atoms with E-state index in [0.29, 0.717) is 0 Å². The maximum Gasteiger partial charge on any atom is 0.192 e. The fraction of sp³-hybridized carbons (Fsp3) is 0.0800. The van der Waals surface area contributed by atoms with Crippen molar-refractivity contribution in [3.63, 3.8) is 0 Å². The van der Waals surface area contributed by atoms with Crippen molar-refractivity contribution < 1.29 is 4.79 Å². The van der Waals surface area contributed by atoms with Gasteiger partial charge in [-0.3, -0.25) is 4.79 Å². The molecule has 0 fully saturated rings. The second-order valence-electron chi connectivity index (χ2n) is 7.72. The van der Waals surface area contributed by atoms with Gasteiger partial charge < -0.3 is 5.32 Å². The van der Waals surface area contributed by atoms with Gasteiger partial charge in [0.25, 0.3) is 0 Å². The average molecular weight is 469 g/mol. The number of carbonyl (C=O) groups excluding carboxylic acids is 1. The van der Waals surface area contributed by atoms with E-state index in [4.69, 9.17) is 5.10 Å². The number of hydrogen-bond acceptors (Lipinski definition) is 4. The third-order valence-corrected chi connectivity index (χ3v) is 6.48. The molecule has 2 aliphatic rings. The Morgan fingerprint density at radius 2 is 1.71 bits per heavy atom. The van der Waals surface area contributed by atoms with Crippen LogP contribution < -0.4 is 5.32 Å². The number of halogens is 1. The Morgan fingerprint density at radius 3 is 2.45 bits per heavy atom. The number of nitrogens with one attached hydrogen (secondary N) is 1. The van der Waals surface area contributed by atoms with Crippen LogP contribution in [-0.4, -0.2) is 20.5 Å². The van der Waals surface area contributed by atoms with Gasteiger partial charge in [-0.05, 0) is 36.8 Å². The number of aryl methyl sites for hydroxylation is 1. The molecular weight excluding hydrogens is 452 g/mol. The molecule has 31 heavy (non-hydrogen) atoms. The highest BCUT2D eigenvalue weighted by molar-refractivity contribution is 9.10. The van der Waals surface area contributed by atoms with Crippen LogP contribution in [-0.2, 0) is 0 Å². The number of fused-ring (bicyclic) bond motifs is 3. The van der Waals surface area contributed by atoms with Gasteiger partial charge in [0, 0.05) is 38.9 Å². The van der Waals surface area contributed by atoms with E-state index in [1.165, 1.54) is 0 Å². The Hall–Kier alpha value is -3.51. The number of pyridine rings is 1. The van der Waals surface area contributed by atoms with Crippen molar-refractivity contribution in [3.8, 4) is 5.82 Å². The molecule has 6 heteroatoms. The molecule has 2 aromatic carbocycles. The van der Waals surface area contributed by atoms with Gasteiger partial charge in [-0.15, -0.1) is 0 Å². The summed E-state index contributed by atoms with van der Waals surface area (Å²) < 4.78 is 2.84. The number of allylic oxidation sites excluding steroid dienone is 1. The summed E-state index contributed by atoms with van der Waals surface area (Å²) in [7, 11) is 0. The van der Waals surface area contributed by atoms with Crippen LogP contribution in [0.4, 0.5) is 5.82 Å². The summed E-state index contributed by atoms with van der Waals surface area (Å²) in [6.45, 7) is 1.99. The number of rotatable bonds is 2. The minimum Gasteiger partial charge on any atom is -0.339 e. The fourth-order valence-corrected chi connectivity index (χ4v) is 4.88. The lowest BCUT2D eigenvalue weighted by Crippen LogP contribution is -2.20. The minimum absolute atomic E-state index is 0.0710. The number of anilines is 1. The molecule has 0 saturated heterocycles. The van der Waals surface area contributed by atoms with Crippen molar-refractivity contribution in [2.45, 2.75) is 12.8 Å². The second-order valence-corrected chi connectivity index (χ2v) is 8.64. The SMILES string of the molecule is Cc1nn(-c2ccccn2)c2c1C(c1ccc(Br)cc1)C1=C(N2)c2ccccc2C1=O. The van der Waals surface area contributed by atoms with Gasteiger partial charge in [0.15, 0.2) is 11.6 Å². The van der Waals surface area contributed by atoms with Gasteiger partial charge >= 0.3 is 0 Å². The van der Waals surface area contributed by atoms with Crippen molar-refractivity contribution in [1.29, 1.82) is 0 Å². The van der Waals surface area contributed by atoms with Crippen LogP contribution in [0.5, 0.6) is 0 Å². The lowest BCUT2D eigenvalue weighted by atomic mass is 9.81. The average Bonchev–Trinajstić information content (AvgIpc) is 3.29. The highest BCUT2D eigenvalue weighted by Gasteiger charge is 2.42. The van der Waals surface area contributed by atoms with E-state index in [-0.39, 0.29) is 11.7 Å². The predicted octanol–water partition coefficient (Wildman–Crippen LogP) is 5.50. The predicted molar refractivity (Wildman–Crippen MR) is 123 cm³/mol. The third-order valence-electron chi connectivity index (χ3n) is 5.95. The molecule has 1 aliphatic heterocycles. The Morgan fingerprint density at radius 1 is 0.968 bits per heavy atom. The molecule has 0 amide bonds. The largest absolute Gasteiger partial charge is 0.339 e. The molecular formula is C25H17BrN4O. The summed E-state index contributed by atoms with van der Waals surface area (Å²) in [6.07, 6.45) is 1.76. The van der Waals surface area contributed by atoms with Crippen LogP contribution in [0.2, 0.25) is 0 Å². The first-order valence-corrected chi connectivity index (χ1v) is 10.8. The van der Waals surface area contributed by atoms with E-state index in [1.807, 2.05) is 66.2 Å². The molecule has 1 unspecified atom stereocenters. The van der Waals surface area contributed by atoms with Gasteiger partial charge in [-0.2, -0.15) is 9.78 Å². The first-order chi connectivity index (χ1) is 15.1. The number of Topliss-reactive ketones (excluding diaryl/α,β-unsaturated/α-hetero) is 1. The second kappa shape index (κ2) is 6.75. The van der Waals surface area contributed by atoms with Gasteiger partial charge in [0.1, 0.15) is 5.82 Å². The monoisotopic (exact) mass is 468 g/mol. The van der Waals surface area contributed by atoms with Gasteiger partial charge in [0.05, 0.1) is 11.4 Å². The molecule has 4 aromatic rings. The number of benzene rings is 2. The molecule has 1 atom stereocenters. The van der Waals surface area contributed by atoms with Gasteiger partial charge in [-0.1, -0.05) is 58.4 Å². The summed E-state index contributed by atoms with van der Waals surface area (Å²) in [5.41, 5.74) is 6.24. The Balaban J connectivity index is 1.64. The van der Waals surface area contributed by atoms with Crippen LogP contribution >= 0.6 is 15.9 Å². The maximum absolute atomic E-state index is 13.5. The van der Waals surface area contributed by atoms with Gasteiger partial charge in [0.2, 0.25) is 0 Å². The Kier molecular flexibility index (Phi) is 3.98. The topological polar surface area (TPSA) is 59.8 Å². The zero-order valence-corrected chi connectivity index (χ0v) is 18.2. The number of carbonyl (C=O) groups is 1. The van der Waals surface area contributed by atoms with E-state index in [9.17, 15) is 4.79 Å². The van der Waals surface area contributed by atoms with Crippen LogP contribution in [0.1, 0.15) is 38.7 Å². The normalized spacial score (nSPS) is 16.6. The first kappa shape index (κ1) is 18.3. The summed E-state index contributed by atoms with van der Waals surface area (Å²) in [6, 6.07) is 21.7. The smallest absolute Gasteiger partial charge is 0.192 e. The number of ketones is 1. The third kappa shape index (κ3) is 2.65. The minimum atomic E-state index is -0.211. The molecule has 1 N–H and O–H groups in total. The van der Waals surface area contributed by atoms with Crippen LogP contribution in [0, 0.1) is 6.92 Å². The quantitative estimate of drug-likeness (QED) is 0.421. The number of hydrogen-bond donors (Lipinski definition) is 1. The Labute approximate surface area is 187 Å². The standard InChI is InChI=1S/C25H17BrN4O/c1-14-20-21(15-9-11-16(26)12-10-15)22-23(17-6-2-3-7-18(17)24(22)31)28-25(20)30(29-14)19-8-4-5-13-27-19/h2-13,21,28H,1H3. The summed E-state index contributed by atoms with van der Waals surface area (Å²) in [5, 5.41) is 8.36. The molecule has 0 spiro atoms. The van der Waals surface area contributed by atoms with Crippen molar-refractivity contribution in [2.24, 2.45) is 0 Å². The van der Waals surface area contributed by atoms with Crippen LogP contribution in [0.15, 0.2) is 83.0 Å². The molecule has 1 aliphatic carbocycles. The van der Waals surface area contributed by atoms with E-state index in [2.05, 4.69) is 38.4 Å². The molecule has 2 aromatic heterocycles. The van der Waals surface area contributed by atoms with E-state index >= 15 is 0 Å². The number of aromatic nitrogens is 3. The zero-order valence-electron chi connectivity index (χ0n) is 16.6. The molecule has 6 rings (SSSR count). The highest BCUT2D eigenvalue weighted by atomic mass is 79.9. The summed E-state index contributed by atoms with van der Waals surface area (Å²) >= 11 is 3.53. The maximum atomic E-state index is 13.5. The van der Waals surface area contributed by atoms with E-state index in [1.54, 1.807) is 6.20 Å². The number of nitrogens with zero attached hydrogens (tertiary/aromatic N) is 3. The van der Waals surface area contributed by atoms with E-state index < -0.39 is 0 Å². The van der Waals surface area contributed by atoms with Crippen molar-refractivity contribution in [3.05, 3.63) is 111 Å².